The fourth-order valence-electron chi connectivity index (χ4n) is 1.07. The zero-order chi connectivity index (χ0) is 10.6. The summed E-state index contributed by atoms with van der Waals surface area (Å²) in [5.74, 6) is 0. The summed E-state index contributed by atoms with van der Waals surface area (Å²) in [6.45, 7) is 0. The van der Waals surface area contributed by atoms with Crippen LogP contribution in [0.2, 0.25) is 0 Å². The monoisotopic (exact) mass is 213 g/mol. The molecule has 0 unspecified atom stereocenters. The SMILES string of the molecule is NS(=O)(=O)c1ccc(CCC=O)cc1. The van der Waals surface area contributed by atoms with E-state index in [0.717, 1.165) is 11.8 Å². The number of benzene rings is 1. The summed E-state index contributed by atoms with van der Waals surface area (Å²) in [5.41, 5.74) is 0.921. The van der Waals surface area contributed by atoms with Crippen molar-refractivity contribution in [1.82, 2.24) is 0 Å². The van der Waals surface area contributed by atoms with Crippen LogP contribution in [0.4, 0.5) is 0 Å². The molecule has 0 aliphatic rings. The Morgan fingerprint density at radius 2 is 1.79 bits per heavy atom. The smallest absolute Gasteiger partial charge is 0.238 e. The van der Waals surface area contributed by atoms with Crippen molar-refractivity contribution < 1.29 is 13.2 Å². The molecule has 1 aromatic carbocycles. The first-order valence-corrected chi connectivity index (χ1v) is 5.64. The molecule has 5 heteroatoms. The summed E-state index contributed by atoms with van der Waals surface area (Å²) in [6.07, 6.45) is 1.89. The zero-order valence-electron chi connectivity index (χ0n) is 7.51. The molecule has 1 aromatic rings. The number of hydrogen-bond donors (Lipinski definition) is 1. The lowest BCUT2D eigenvalue weighted by molar-refractivity contribution is -0.107. The molecule has 0 saturated heterocycles. The van der Waals surface area contributed by atoms with Crippen LogP contribution in [0, 0.1) is 0 Å². The molecule has 0 spiro atoms. The molecule has 0 fully saturated rings. The number of primary sulfonamides is 1. The van der Waals surface area contributed by atoms with Gasteiger partial charge in [-0.2, -0.15) is 0 Å². The van der Waals surface area contributed by atoms with Crippen LogP contribution in [0.5, 0.6) is 0 Å². The van der Waals surface area contributed by atoms with E-state index in [1.807, 2.05) is 0 Å². The summed E-state index contributed by atoms with van der Waals surface area (Å²) >= 11 is 0. The van der Waals surface area contributed by atoms with E-state index < -0.39 is 10.0 Å². The maximum atomic E-state index is 10.9. The maximum Gasteiger partial charge on any atom is 0.238 e. The van der Waals surface area contributed by atoms with E-state index in [4.69, 9.17) is 5.14 Å². The average molecular weight is 213 g/mol. The Balaban J connectivity index is 2.84. The second-order valence-electron chi connectivity index (χ2n) is 2.89. The highest BCUT2D eigenvalue weighted by atomic mass is 32.2. The van der Waals surface area contributed by atoms with Crippen LogP contribution in [-0.2, 0) is 21.2 Å². The van der Waals surface area contributed by atoms with E-state index in [1.54, 1.807) is 12.1 Å². The molecule has 4 nitrogen and oxygen atoms in total. The molecule has 0 radical (unpaired) electrons. The van der Waals surface area contributed by atoms with E-state index in [2.05, 4.69) is 0 Å². The molecule has 0 aliphatic heterocycles. The number of aldehydes is 1. The first-order valence-electron chi connectivity index (χ1n) is 4.09. The van der Waals surface area contributed by atoms with Crippen molar-refractivity contribution >= 4 is 16.3 Å². The van der Waals surface area contributed by atoms with Gasteiger partial charge in [0.15, 0.2) is 0 Å². The number of nitrogens with two attached hydrogens (primary N) is 1. The topological polar surface area (TPSA) is 77.2 Å². The lowest BCUT2D eigenvalue weighted by Gasteiger charge is -2.00. The van der Waals surface area contributed by atoms with Gasteiger partial charge in [-0.25, -0.2) is 13.6 Å². The van der Waals surface area contributed by atoms with E-state index in [0.29, 0.717) is 12.8 Å². The molecule has 76 valence electrons. The summed E-state index contributed by atoms with van der Waals surface area (Å²) < 4.78 is 21.8. The van der Waals surface area contributed by atoms with Crippen LogP contribution in [0.25, 0.3) is 0 Å². The molecule has 0 bridgehead atoms. The van der Waals surface area contributed by atoms with Crippen LogP contribution >= 0.6 is 0 Å². The van der Waals surface area contributed by atoms with Gasteiger partial charge < -0.3 is 4.79 Å². The van der Waals surface area contributed by atoms with Crippen LogP contribution in [0.15, 0.2) is 29.2 Å². The predicted octanol–water partition coefficient (Wildman–Crippen LogP) is 0.465. The van der Waals surface area contributed by atoms with Crippen molar-refractivity contribution in [3.05, 3.63) is 29.8 Å². The minimum atomic E-state index is -3.61. The third kappa shape index (κ3) is 2.93. The van der Waals surface area contributed by atoms with Gasteiger partial charge in [0.1, 0.15) is 6.29 Å². The number of carbonyl (C=O) groups is 1. The summed E-state index contributed by atoms with van der Waals surface area (Å²) in [6, 6.07) is 6.19. The van der Waals surface area contributed by atoms with Gasteiger partial charge in [-0.15, -0.1) is 0 Å². The summed E-state index contributed by atoms with van der Waals surface area (Å²) in [5, 5.41) is 4.92. The third-order valence-electron chi connectivity index (χ3n) is 1.80. The Morgan fingerprint density at radius 3 is 2.21 bits per heavy atom. The van der Waals surface area contributed by atoms with Gasteiger partial charge in [-0.3, -0.25) is 0 Å². The zero-order valence-corrected chi connectivity index (χ0v) is 8.33. The lowest BCUT2D eigenvalue weighted by Crippen LogP contribution is -2.11. The van der Waals surface area contributed by atoms with Gasteiger partial charge in [0.05, 0.1) is 4.90 Å². The Hall–Kier alpha value is -1.20. The van der Waals surface area contributed by atoms with Crippen molar-refractivity contribution in [1.29, 1.82) is 0 Å². The first kappa shape index (κ1) is 10.9. The van der Waals surface area contributed by atoms with Crippen molar-refractivity contribution in [2.45, 2.75) is 17.7 Å². The molecular weight excluding hydrogens is 202 g/mol. The normalized spacial score (nSPS) is 11.2. The second-order valence-corrected chi connectivity index (χ2v) is 4.46. The van der Waals surface area contributed by atoms with E-state index in [9.17, 15) is 13.2 Å². The summed E-state index contributed by atoms with van der Waals surface area (Å²) in [7, 11) is -3.61. The molecule has 0 amide bonds. The van der Waals surface area contributed by atoms with Crippen LogP contribution in [0.3, 0.4) is 0 Å². The molecule has 0 saturated carbocycles. The molecule has 14 heavy (non-hydrogen) atoms. The lowest BCUT2D eigenvalue weighted by atomic mass is 10.1. The largest absolute Gasteiger partial charge is 0.303 e. The highest BCUT2D eigenvalue weighted by Crippen LogP contribution is 2.09. The van der Waals surface area contributed by atoms with Crippen molar-refractivity contribution in [2.75, 3.05) is 0 Å². The standard InChI is InChI=1S/C9H11NO3S/c10-14(12,13)9-5-3-8(4-6-9)2-1-7-11/h3-7H,1-2H2,(H2,10,12,13). The average Bonchev–Trinajstić information content (AvgIpc) is 2.14. The Labute approximate surface area is 82.8 Å². The van der Waals surface area contributed by atoms with E-state index >= 15 is 0 Å². The quantitative estimate of drug-likeness (QED) is 0.738. The fraction of sp³-hybridized carbons (Fsp3) is 0.222. The molecule has 1 rings (SSSR count). The number of sulfonamides is 1. The van der Waals surface area contributed by atoms with Gasteiger partial charge in [-0.1, -0.05) is 12.1 Å². The van der Waals surface area contributed by atoms with Gasteiger partial charge in [0, 0.05) is 6.42 Å². The van der Waals surface area contributed by atoms with Crippen molar-refractivity contribution in [2.24, 2.45) is 5.14 Å². The number of hydrogen-bond acceptors (Lipinski definition) is 3. The number of carbonyl (C=O) groups excluding carboxylic acids is 1. The number of aryl methyl sites for hydroxylation is 1. The number of rotatable bonds is 4. The Morgan fingerprint density at radius 1 is 1.21 bits per heavy atom. The predicted molar refractivity (Wildman–Crippen MR) is 52.2 cm³/mol. The molecule has 0 atom stereocenters. The first-order chi connectivity index (χ1) is 6.54. The van der Waals surface area contributed by atoms with Crippen molar-refractivity contribution in [3.8, 4) is 0 Å². The Bertz CT molecular complexity index is 408. The molecule has 0 heterocycles. The highest BCUT2D eigenvalue weighted by Gasteiger charge is 2.05. The maximum absolute atomic E-state index is 10.9. The minimum absolute atomic E-state index is 0.0901. The van der Waals surface area contributed by atoms with Crippen LogP contribution in [-0.4, -0.2) is 14.7 Å². The molecule has 2 N–H and O–H groups in total. The second kappa shape index (κ2) is 4.34. The minimum Gasteiger partial charge on any atom is -0.303 e. The van der Waals surface area contributed by atoms with Gasteiger partial charge in [-0.05, 0) is 24.1 Å². The fourth-order valence-corrected chi connectivity index (χ4v) is 1.59. The molecule has 0 aromatic heterocycles. The van der Waals surface area contributed by atoms with Crippen LogP contribution in [0.1, 0.15) is 12.0 Å². The summed E-state index contributed by atoms with van der Waals surface area (Å²) in [4.78, 5) is 10.2. The van der Waals surface area contributed by atoms with Gasteiger partial charge >= 0.3 is 0 Å². The van der Waals surface area contributed by atoms with Crippen LogP contribution < -0.4 is 5.14 Å². The molecule has 0 aliphatic carbocycles. The third-order valence-corrected chi connectivity index (χ3v) is 2.73. The van der Waals surface area contributed by atoms with Gasteiger partial charge in [0.25, 0.3) is 0 Å². The molecular formula is C9H11NO3S. The van der Waals surface area contributed by atoms with E-state index in [1.165, 1.54) is 12.1 Å². The van der Waals surface area contributed by atoms with E-state index in [-0.39, 0.29) is 4.90 Å². The van der Waals surface area contributed by atoms with Gasteiger partial charge in [0.2, 0.25) is 10.0 Å². The Kier molecular flexibility index (Phi) is 3.38. The van der Waals surface area contributed by atoms with Crippen molar-refractivity contribution in [3.63, 3.8) is 0 Å². The highest BCUT2D eigenvalue weighted by molar-refractivity contribution is 7.89.